The third kappa shape index (κ3) is 2.71. The highest BCUT2D eigenvalue weighted by Gasteiger charge is 2.10. The maximum absolute atomic E-state index is 13.5. The standard InChI is InChI=1S/C13H8BrFO2/c14-10-4-6-11(7-5-10)17-13-9(8-16)2-1-3-12(13)15/h1-8H. The van der Waals surface area contributed by atoms with Gasteiger partial charge in [0.25, 0.3) is 0 Å². The molecule has 0 saturated carbocycles. The van der Waals surface area contributed by atoms with Crippen molar-refractivity contribution in [1.29, 1.82) is 0 Å². The first-order valence-corrected chi connectivity index (χ1v) is 5.67. The van der Waals surface area contributed by atoms with E-state index in [1.54, 1.807) is 24.3 Å². The predicted molar refractivity (Wildman–Crippen MR) is 66.0 cm³/mol. The van der Waals surface area contributed by atoms with Crippen LogP contribution in [0, 0.1) is 5.82 Å². The Hall–Kier alpha value is -1.68. The Kier molecular flexibility index (Phi) is 3.54. The number of carbonyl (C=O) groups excluding carboxylic acids is 1. The Bertz CT molecular complexity index is 538. The molecule has 4 heteroatoms. The largest absolute Gasteiger partial charge is 0.454 e. The number of benzene rings is 2. The van der Waals surface area contributed by atoms with E-state index in [2.05, 4.69) is 15.9 Å². The number of halogens is 2. The van der Waals surface area contributed by atoms with Gasteiger partial charge in [-0.1, -0.05) is 22.0 Å². The van der Waals surface area contributed by atoms with Crippen molar-refractivity contribution in [2.45, 2.75) is 0 Å². The summed E-state index contributed by atoms with van der Waals surface area (Å²) in [6.07, 6.45) is 0.567. The van der Waals surface area contributed by atoms with Crippen LogP contribution in [0.3, 0.4) is 0 Å². The molecule has 0 fully saturated rings. The van der Waals surface area contributed by atoms with Crippen LogP contribution in [0.1, 0.15) is 10.4 Å². The molecule has 0 bridgehead atoms. The topological polar surface area (TPSA) is 26.3 Å². The average molecular weight is 295 g/mol. The number of ether oxygens (including phenoxy) is 1. The number of para-hydroxylation sites is 1. The van der Waals surface area contributed by atoms with Gasteiger partial charge in [-0.25, -0.2) is 4.39 Å². The summed E-state index contributed by atoms with van der Waals surface area (Å²) in [5, 5.41) is 0. The van der Waals surface area contributed by atoms with Crippen molar-refractivity contribution in [3.8, 4) is 11.5 Å². The molecule has 0 amide bonds. The van der Waals surface area contributed by atoms with Gasteiger partial charge in [-0.05, 0) is 36.4 Å². The monoisotopic (exact) mass is 294 g/mol. The van der Waals surface area contributed by atoms with Crippen LogP contribution in [0.15, 0.2) is 46.9 Å². The Morgan fingerprint density at radius 3 is 2.47 bits per heavy atom. The number of carbonyl (C=O) groups is 1. The minimum atomic E-state index is -0.558. The van der Waals surface area contributed by atoms with E-state index in [4.69, 9.17) is 4.74 Å². The van der Waals surface area contributed by atoms with Crippen LogP contribution in [-0.2, 0) is 0 Å². The van der Waals surface area contributed by atoms with Crippen LogP contribution in [0.5, 0.6) is 11.5 Å². The lowest BCUT2D eigenvalue weighted by Gasteiger charge is -2.08. The average Bonchev–Trinajstić information content (AvgIpc) is 2.34. The van der Waals surface area contributed by atoms with Gasteiger partial charge in [0.2, 0.25) is 0 Å². The molecule has 0 aromatic heterocycles. The smallest absolute Gasteiger partial charge is 0.173 e. The van der Waals surface area contributed by atoms with E-state index < -0.39 is 5.82 Å². The second kappa shape index (κ2) is 5.10. The van der Waals surface area contributed by atoms with Crippen molar-refractivity contribution in [2.24, 2.45) is 0 Å². The second-order valence-electron chi connectivity index (χ2n) is 3.33. The van der Waals surface area contributed by atoms with Gasteiger partial charge in [-0.3, -0.25) is 4.79 Å². The summed E-state index contributed by atoms with van der Waals surface area (Å²) in [6, 6.07) is 11.1. The van der Waals surface area contributed by atoms with Gasteiger partial charge in [0, 0.05) is 4.47 Å². The molecule has 0 atom stereocenters. The lowest BCUT2D eigenvalue weighted by molar-refractivity contribution is 0.112. The molecule has 0 unspecified atom stereocenters. The predicted octanol–water partition coefficient (Wildman–Crippen LogP) is 4.19. The maximum Gasteiger partial charge on any atom is 0.173 e. The molecule has 86 valence electrons. The van der Waals surface area contributed by atoms with Gasteiger partial charge in [-0.2, -0.15) is 0 Å². The fraction of sp³-hybridized carbons (Fsp3) is 0. The Morgan fingerprint density at radius 2 is 1.82 bits per heavy atom. The number of rotatable bonds is 3. The van der Waals surface area contributed by atoms with Crippen molar-refractivity contribution in [3.05, 3.63) is 58.3 Å². The summed E-state index contributed by atoms with van der Waals surface area (Å²) >= 11 is 3.29. The van der Waals surface area contributed by atoms with E-state index in [9.17, 15) is 9.18 Å². The molecule has 17 heavy (non-hydrogen) atoms. The molecule has 0 N–H and O–H groups in total. The number of hydrogen-bond donors (Lipinski definition) is 0. The zero-order chi connectivity index (χ0) is 12.3. The van der Waals surface area contributed by atoms with Gasteiger partial charge in [-0.15, -0.1) is 0 Å². The van der Waals surface area contributed by atoms with E-state index in [1.807, 2.05) is 0 Å². The molecule has 2 nitrogen and oxygen atoms in total. The quantitative estimate of drug-likeness (QED) is 0.793. The van der Waals surface area contributed by atoms with Gasteiger partial charge in [0.15, 0.2) is 17.9 Å². The molecule has 0 saturated heterocycles. The van der Waals surface area contributed by atoms with E-state index >= 15 is 0 Å². The van der Waals surface area contributed by atoms with Crippen LogP contribution in [0.25, 0.3) is 0 Å². The first-order chi connectivity index (χ1) is 8.20. The summed E-state index contributed by atoms with van der Waals surface area (Å²) in [7, 11) is 0. The highest BCUT2D eigenvalue weighted by Crippen LogP contribution is 2.28. The van der Waals surface area contributed by atoms with Crippen LogP contribution in [-0.4, -0.2) is 6.29 Å². The third-order valence-electron chi connectivity index (χ3n) is 2.16. The van der Waals surface area contributed by atoms with Crippen molar-refractivity contribution < 1.29 is 13.9 Å². The van der Waals surface area contributed by atoms with Crippen LogP contribution >= 0.6 is 15.9 Å². The van der Waals surface area contributed by atoms with Crippen LogP contribution in [0.4, 0.5) is 4.39 Å². The SMILES string of the molecule is O=Cc1cccc(F)c1Oc1ccc(Br)cc1. The zero-order valence-corrected chi connectivity index (χ0v) is 10.3. The highest BCUT2D eigenvalue weighted by molar-refractivity contribution is 9.10. The summed E-state index contributed by atoms with van der Waals surface area (Å²) < 4.78 is 19.8. The van der Waals surface area contributed by atoms with Gasteiger partial charge < -0.3 is 4.74 Å². The van der Waals surface area contributed by atoms with Crippen molar-refractivity contribution in [1.82, 2.24) is 0 Å². The van der Waals surface area contributed by atoms with Gasteiger partial charge in [0.05, 0.1) is 5.56 Å². The Labute approximate surface area is 106 Å². The third-order valence-corrected chi connectivity index (χ3v) is 2.69. The van der Waals surface area contributed by atoms with Crippen molar-refractivity contribution >= 4 is 22.2 Å². The molecule has 0 radical (unpaired) electrons. The lowest BCUT2D eigenvalue weighted by Crippen LogP contribution is -1.93. The molecule has 0 heterocycles. The lowest BCUT2D eigenvalue weighted by atomic mass is 10.2. The molecule has 0 aliphatic carbocycles. The Balaban J connectivity index is 2.35. The molecule has 2 aromatic rings. The normalized spacial score (nSPS) is 10.0. The molecule has 0 aliphatic rings. The van der Waals surface area contributed by atoms with Gasteiger partial charge >= 0.3 is 0 Å². The van der Waals surface area contributed by atoms with Crippen molar-refractivity contribution in [3.63, 3.8) is 0 Å². The van der Waals surface area contributed by atoms with Crippen molar-refractivity contribution in [2.75, 3.05) is 0 Å². The van der Waals surface area contributed by atoms with Crippen LogP contribution < -0.4 is 4.74 Å². The molecule has 0 aliphatic heterocycles. The molecular weight excluding hydrogens is 287 g/mol. The number of hydrogen-bond acceptors (Lipinski definition) is 2. The molecule has 2 rings (SSSR count). The maximum atomic E-state index is 13.5. The minimum absolute atomic E-state index is 0.0511. The Morgan fingerprint density at radius 1 is 1.12 bits per heavy atom. The zero-order valence-electron chi connectivity index (χ0n) is 8.69. The fourth-order valence-corrected chi connectivity index (χ4v) is 1.61. The molecular formula is C13H8BrFO2. The summed E-state index contributed by atoms with van der Waals surface area (Å²) in [5.41, 5.74) is 0.188. The minimum Gasteiger partial charge on any atom is -0.454 e. The summed E-state index contributed by atoms with van der Waals surface area (Å²) in [5.74, 6) is -0.135. The first-order valence-electron chi connectivity index (χ1n) is 4.88. The fourth-order valence-electron chi connectivity index (χ4n) is 1.35. The summed E-state index contributed by atoms with van der Waals surface area (Å²) in [6.45, 7) is 0. The van der Waals surface area contributed by atoms with E-state index in [0.717, 1.165) is 4.47 Å². The van der Waals surface area contributed by atoms with E-state index in [-0.39, 0.29) is 11.3 Å². The van der Waals surface area contributed by atoms with Crippen LogP contribution in [0.2, 0.25) is 0 Å². The molecule has 2 aromatic carbocycles. The molecule has 0 spiro atoms. The highest BCUT2D eigenvalue weighted by atomic mass is 79.9. The van der Waals surface area contributed by atoms with E-state index in [0.29, 0.717) is 12.0 Å². The first kappa shape index (κ1) is 11.8. The second-order valence-corrected chi connectivity index (χ2v) is 4.25. The van der Waals surface area contributed by atoms with E-state index in [1.165, 1.54) is 18.2 Å². The summed E-state index contributed by atoms with van der Waals surface area (Å²) in [4.78, 5) is 10.8. The van der Waals surface area contributed by atoms with Gasteiger partial charge in [0.1, 0.15) is 5.75 Å². The number of aldehydes is 1.